The summed E-state index contributed by atoms with van der Waals surface area (Å²) in [5.41, 5.74) is 0.0697. The Morgan fingerprint density at radius 3 is 2.56 bits per heavy atom. The number of aromatic nitrogens is 2. The summed E-state index contributed by atoms with van der Waals surface area (Å²) in [5.74, 6) is 1.03. The number of rotatable bonds is 10. The maximum Gasteiger partial charge on any atom is 0.261 e. The minimum absolute atomic E-state index is 0.167. The maximum atomic E-state index is 12.9. The van der Waals surface area contributed by atoms with Crippen molar-refractivity contribution in [1.82, 2.24) is 20.2 Å². The molecule has 2 N–H and O–H groups in total. The van der Waals surface area contributed by atoms with Gasteiger partial charge in [0.05, 0.1) is 31.4 Å². The molecule has 0 unspecified atom stereocenters. The van der Waals surface area contributed by atoms with Gasteiger partial charge in [-0.15, -0.1) is 0 Å². The third-order valence-corrected chi connectivity index (χ3v) is 6.25. The summed E-state index contributed by atoms with van der Waals surface area (Å²) in [6.07, 6.45) is 7.97. The average molecular weight is 463 g/mol. The Hall–Kier alpha value is -2.75. The maximum absolute atomic E-state index is 12.9. The Balaban J connectivity index is 1.74. The van der Waals surface area contributed by atoms with Crippen molar-refractivity contribution in [2.75, 3.05) is 26.2 Å². The third-order valence-electron chi connectivity index (χ3n) is 5.61. The SMILES string of the molecule is COc1cc2ncn(CC(=O)N[C@@H](CCSC)C(=O)NC3CCCC3)c(=O)c2cc1OC. The minimum atomic E-state index is -0.635. The van der Waals surface area contributed by atoms with Gasteiger partial charge in [-0.2, -0.15) is 11.8 Å². The molecule has 3 rings (SSSR count). The summed E-state index contributed by atoms with van der Waals surface area (Å²) < 4.78 is 11.7. The van der Waals surface area contributed by atoms with E-state index < -0.39 is 11.9 Å². The summed E-state index contributed by atoms with van der Waals surface area (Å²) in [6, 6.07) is 2.71. The van der Waals surface area contributed by atoms with E-state index in [2.05, 4.69) is 15.6 Å². The molecular weight excluding hydrogens is 432 g/mol. The average Bonchev–Trinajstić information content (AvgIpc) is 3.30. The normalized spacial score (nSPS) is 14.8. The van der Waals surface area contributed by atoms with Crippen molar-refractivity contribution in [1.29, 1.82) is 0 Å². The number of benzene rings is 1. The molecule has 2 amide bonds. The van der Waals surface area contributed by atoms with Crippen LogP contribution in [0, 0.1) is 0 Å². The van der Waals surface area contributed by atoms with E-state index in [-0.39, 0.29) is 24.1 Å². The zero-order valence-corrected chi connectivity index (χ0v) is 19.5. The number of hydrogen-bond acceptors (Lipinski definition) is 7. The van der Waals surface area contributed by atoms with Crippen LogP contribution in [0.1, 0.15) is 32.1 Å². The molecule has 32 heavy (non-hydrogen) atoms. The molecule has 0 spiro atoms. The van der Waals surface area contributed by atoms with E-state index in [1.807, 2.05) is 6.26 Å². The van der Waals surface area contributed by atoms with Crippen LogP contribution in [0.2, 0.25) is 0 Å². The van der Waals surface area contributed by atoms with E-state index in [4.69, 9.17) is 9.47 Å². The predicted molar refractivity (Wildman–Crippen MR) is 124 cm³/mol. The molecule has 0 saturated heterocycles. The van der Waals surface area contributed by atoms with Crippen LogP contribution >= 0.6 is 11.8 Å². The number of thioether (sulfide) groups is 1. The van der Waals surface area contributed by atoms with Crippen LogP contribution < -0.4 is 25.7 Å². The number of methoxy groups -OCH3 is 2. The number of amides is 2. The lowest BCUT2D eigenvalue weighted by molar-refractivity contribution is -0.129. The quantitative estimate of drug-likeness (QED) is 0.553. The van der Waals surface area contributed by atoms with Gasteiger partial charge in [-0.3, -0.25) is 19.0 Å². The Labute approximate surface area is 191 Å². The molecule has 0 aliphatic heterocycles. The fraction of sp³-hybridized carbons (Fsp3) is 0.545. The highest BCUT2D eigenvalue weighted by Crippen LogP contribution is 2.29. The van der Waals surface area contributed by atoms with Crippen molar-refractivity contribution in [2.24, 2.45) is 0 Å². The van der Waals surface area contributed by atoms with Crippen molar-refractivity contribution < 1.29 is 19.1 Å². The van der Waals surface area contributed by atoms with Crippen LogP contribution in [0.3, 0.4) is 0 Å². The molecule has 1 aliphatic rings. The van der Waals surface area contributed by atoms with E-state index in [1.165, 1.54) is 25.1 Å². The van der Waals surface area contributed by atoms with Crippen LogP contribution in [-0.4, -0.2) is 59.7 Å². The Kier molecular flexibility index (Phi) is 8.38. The number of nitrogens with zero attached hydrogens (tertiary/aromatic N) is 2. The largest absolute Gasteiger partial charge is 0.493 e. The third kappa shape index (κ3) is 5.73. The molecule has 1 fully saturated rings. The zero-order valence-electron chi connectivity index (χ0n) is 18.7. The van der Waals surface area contributed by atoms with Gasteiger partial charge < -0.3 is 20.1 Å². The van der Waals surface area contributed by atoms with Crippen molar-refractivity contribution >= 4 is 34.5 Å². The standard InChI is InChI=1S/C22H30N4O5S/c1-30-18-10-15-17(11-19(18)31-2)23-13-26(22(15)29)12-20(27)25-16(8-9-32-3)21(28)24-14-6-4-5-7-14/h10-11,13-14,16H,4-9,12H2,1-3H3,(H,24,28)(H,25,27)/t16-/m0/s1. The second kappa shape index (κ2) is 11.2. The lowest BCUT2D eigenvalue weighted by Crippen LogP contribution is -2.50. The summed E-state index contributed by atoms with van der Waals surface area (Å²) in [6.45, 7) is -0.234. The Bertz CT molecular complexity index is 1020. The van der Waals surface area contributed by atoms with Gasteiger partial charge >= 0.3 is 0 Å². The molecule has 1 aromatic heterocycles. The molecule has 1 heterocycles. The fourth-order valence-corrected chi connectivity index (χ4v) is 4.34. The number of ether oxygens (including phenoxy) is 2. The van der Waals surface area contributed by atoms with Crippen molar-refractivity contribution in [3.8, 4) is 11.5 Å². The Morgan fingerprint density at radius 1 is 1.22 bits per heavy atom. The first kappa shape index (κ1) is 23.9. The molecule has 1 atom stereocenters. The minimum Gasteiger partial charge on any atom is -0.493 e. The molecule has 2 aromatic rings. The van der Waals surface area contributed by atoms with Gasteiger partial charge in [0.15, 0.2) is 11.5 Å². The second-order valence-electron chi connectivity index (χ2n) is 7.79. The van der Waals surface area contributed by atoms with E-state index in [1.54, 1.807) is 23.9 Å². The van der Waals surface area contributed by atoms with Crippen LogP contribution in [0.5, 0.6) is 11.5 Å². The molecule has 10 heteroatoms. The zero-order chi connectivity index (χ0) is 23.1. The second-order valence-corrected chi connectivity index (χ2v) is 8.78. The van der Waals surface area contributed by atoms with Gasteiger partial charge in [0, 0.05) is 12.1 Å². The van der Waals surface area contributed by atoms with Gasteiger partial charge in [0.25, 0.3) is 5.56 Å². The van der Waals surface area contributed by atoms with Crippen LogP contribution in [0.25, 0.3) is 10.9 Å². The van der Waals surface area contributed by atoms with E-state index in [0.29, 0.717) is 28.8 Å². The van der Waals surface area contributed by atoms with Crippen LogP contribution in [0.4, 0.5) is 0 Å². The highest BCUT2D eigenvalue weighted by atomic mass is 32.2. The first-order valence-corrected chi connectivity index (χ1v) is 12.1. The topological polar surface area (TPSA) is 112 Å². The number of hydrogen-bond donors (Lipinski definition) is 2. The number of carbonyl (C=O) groups is 2. The van der Waals surface area contributed by atoms with Crippen molar-refractivity contribution in [3.63, 3.8) is 0 Å². The van der Waals surface area contributed by atoms with Gasteiger partial charge in [0.1, 0.15) is 12.6 Å². The monoisotopic (exact) mass is 462 g/mol. The molecule has 174 valence electrons. The molecule has 9 nitrogen and oxygen atoms in total. The van der Waals surface area contributed by atoms with Gasteiger partial charge in [-0.1, -0.05) is 12.8 Å². The van der Waals surface area contributed by atoms with Gasteiger partial charge in [0.2, 0.25) is 11.8 Å². The van der Waals surface area contributed by atoms with Crippen molar-refractivity contribution in [3.05, 3.63) is 28.8 Å². The van der Waals surface area contributed by atoms with Gasteiger partial charge in [-0.25, -0.2) is 4.98 Å². The van der Waals surface area contributed by atoms with E-state index in [9.17, 15) is 14.4 Å². The molecule has 1 saturated carbocycles. The molecule has 0 radical (unpaired) electrons. The Morgan fingerprint density at radius 2 is 1.91 bits per heavy atom. The highest BCUT2D eigenvalue weighted by Gasteiger charge is 2.25. The van der Waals surface area contributed by atoms with Crippen LogP contribution in [-0.2, 0) is 16.1 Å². The first-order chi connectivity index (χ1) is 15.5. The molecule has 1 aromatic carbocycles. The smallest absolute Gasteiger partial charge is 0.261 e. The first-order valence-electron chi connectivity index (χ1n) is 10.7. The summed E-state index contributed by atoms with van der Waals surface area (Å²) in [7, 11) is 2.99. The number of nitrogens with one attached hydrogen (secondary N) is 2. The lowest BCUT2D eigenvalue weighted by atomic mass is 10.1. The van der Waals surface area contributed by atoms with E-state index in [0.717, 1.165) is 31.4 Å². The predicted octanol–water partition coefficient (Wildman–Crippen LogP) is 1.71. The molecular formula is C22H30N4O5S. The summed E-state index contributed by atoms with van der Waals surface area (Å²) in [5, 5.41) is 6.16. The van der Waals surface area contributed by atoms with Gasteiger partial charge in [-0.05, 0) is 37.3 Å². The number of carbonyl (C=O) groups excluding carboxylic acids is 2. The summed E-state index contributed by atoms with van der Waals surface area (Å²) in [4.78, 5) is 42.6. The van der Waals surface area contributed by atoms with Crippen LogP contribution in [0.15, 0.2) is 23.3 Å². The van der Waals surface area contributed by atoms with E-state index >= 15 is 0 Å². The fourth-order valence-electron chi connectivity index (χ4n) is 3.87. The summed E-state index contributed by atoms with van der Waals surface area (Å²) >= 11 is 1.61. The molecule has 0 bridgehead atoms. The lowest BCUT2D eigenvalue weighted by Gasteiger charge is -2.21. The van der Waals surface area contributed by atoms with Crippen molar-refractivity contribution in [2.45, 2.75) is 50.7 Å². The molecule has 1 aliphatic carbocycles. The highest BCUT2D eigenvalue weighted by molar-refractivity contribution is 7.98. The number of fused-ring (bicyclic) bond motifs is 1.